The lowest BCUT2D eigenvalue weighted by atomic mass is 9.90. The highest BCUT2D eigenvalue weighted by molar-refractivity contribution is 5.97. The maximum atomic E-state index is 12.7. The van der Waals surface area contributed by atoms with Gasteiger partial charge in [-0.1, -0.05) is 64.1 Å². The van der Waals surface area contributed by atoms with Crippen LogP contribution in [0.25, 0.3) is 0 Å². The summed E-state index contributed by atoms with van der Waals surface area (Å²) in [6, 6.07) is 20.4. The minimum absolute atomic E-state index is 0.267. The molecule has 2 aliphatic rings. The Labute approximate surface area is 287 Å². The summed E-state index contributed by atoms with van der Waals surface area (Å²) in [4.78, 5) is 26.8. The molecule has 2 fully saturated rings. The van der Waals surface area contributed by atoms with E-state index >= 15 is 0 Å². The van der Waals surface area contributed by atoms with E-state index in [0.717, 1.165) is 23.4 Å². The Morgan fingerprint density at radius 1 is 0.714 bits per heavy atom. The first kappa shape index (κ1) is 38.0. The zero-order valence-electron chi connectivity index (χ0n) is 28.7. The average Bonchev–Trinajstić information content (AvgIpc) is 3.07. The number of piperidine rings is 2. The van der Waals surface area contributed by atoms with Crippen LogP contribution in [0, 0.1) is 0 Å². The van der Waals surface area contributed by atoms with Crippen molar-refractivity contribution in [3.63, 3.8) is 0 Å². The summed E-state index contributed by atoms with van der Waals surface area (Å²) in [7, 11) is 0. The maximum absolute atomic E-state index is 12.7. The quantitative estimate of drug-likeness (QED) is 0.182. The van der Waals surface area contributed by atoms with Crippen LogP contribution >= 0.6 is 0 Å². The number of benzene rings is 3. The van der Waals surface area contributed by atoms with Gasteiger partial charge in [0.1, 0.15) is 11.2 Å². The predicted molar refractivity (Wildman–Crippen MR) is 186 cm³/mol. The van der Waals surface area contributed by atoms with Crippen molar-refractivity contribution in [2.75, 3.05) is 36.8 Å². The van der Waals surface area contributed by atoms with E-state index in [4.69, 9.17) is 0 Å². The smallest absolute Gasteiger partial charge is 0.380 e. The number of halogens is 3. The lowest BCUT2D eigenvalue weighted by Gasteiger charge is -2.37. The van der Waals surface area contributed by atoms with Crippen LogP contribution in [0.3, 0.4) is 0 Å². The van der Waals surface area contributed by atoms with E-state index in [-0.39, 0.29) is 18.7 Å². The molecule has 3 aromatic rings. The lowest BCUT2D eigenvalue weighted by molar-refractivity contribution is -0.139. The monoisotopic (exact) mass is 682 g/mol. The summed E-state index contributed by atoms with van der Waals surface area (Å²) in [5.41, 5.74) is 1.20. The van der Waals surface area contributed by atoms with E-state index in [9.17, 15) is 33.0 Å². The Balaban J connectivity index is 0.000000244. The van der Waals surface area contributed by atoms with Crippen molar-refractivity contribution in [1.82, 2.24) is 10.2 Å². The first-order chi connectivity index (χ1) is 23.1. The van der Waals surface area contributed by atoms with Crippen LogP contribution in [-0.4, -0.2) is 64.3 Å². The number of aliphatic hydroxyl groups is 2. The molecule has 49 heavy (non-hydrogen) atoms. The van der Waals surface area contributed by atoms with Gasteiger partial charge in [-0.05, 0) is 104 Å². The summed E-state index contributed by atoms with van der Waals surface area (Å²) >= 11 is 0. The Hall–Kier alpha value is -3.77. The van der Waals surface area contributed by atoms with Crippen molar-refractivity contribution >= 4 is 23.2 Å². The van der Waals surface area contributed by atoms with Crippen molar-refractivity contribution in [3.05, 3.63) is 95.1 Å². The van der Waals surface area contributed by atoms with Gasteiger partial charge in [-0.2, -0.15) is 13.2 Å². The Bertz CT molecular complexity index is 1510. The molecule has 11 heteroatoms. The molecule has 0 saturated carbocycles. The fraction of sp³-hybridized carbons (Fsp3) is 0.474. The van der Waals surface area contributed by atoms with Crippen molar-refractivity contribution in [2.24, 2.45) is 0 Å². The van der Waals surface area contributed by atoms with Crippen LogP contribution in [0.5, 0.6) is 0 Å². The van der Waals surface area contributed by atoms with Crippen LogP contribution in [0.15, 0.2) is 72.8 Å². The number of hydrogen-bond donors (Lipinski definition) is 5. The summed E-state index contributed by atoms with van der Waals surface area (Å²) in [6.45, 7) is 11.2. The number of amides is 2. The minimum atomic E-state index is -4.34. The van der Waals surface area contributed by atoms with Crippen LogP contribution in [-0.2, 0) is 22.3 Å². The van der Waals surface area contributed by atoms with Gasteiger partial charge in [0, 0.05) is 31.0 Å². The lowest BCUT2D eigenvalue weighted by Crippen LogP contribution is -2.51. The predicted octanol–water partition coefficient (Wildman–Crippen LogP) is 6.66. The van der Waals surface area contributed by atoms with E-state index in [1.54, 1.807) is 0 Å². The number of nitrogens with zero attached hydrogens (tertiary/aromatic N) is 1. The second-order valence-corrected chi connectivity index (χ2v) is 13.7. The van der Waals surface area contributed by atoms with Crippen LogP contribution in [0.1, 0.15) is 87.5 Å². The van der Waals surface area contributed by atoms with Crippen molar-refractivity contribution in [2.45, 2.75) is 89.1 Å². The number of alkyl halides is 3. The molecule has 2 aliphatic heterocycles. The summed E-state index contributed by atoms with van der Waals surface area (Å²) < 4.78 is 38.0. The van der Waals surface area contributed by atoms with Gasteiger partial charge in [0.15, 0.2) is 0 Å². The fourth-order valence-electron chi connectivity index (χ4n) is 5.83. The molecule has 5 N–H and O–H groups in total. The molecule has 0 aromatic heterocycles. The molecule has 0 spiro atoms. The number of carbonyl (C=O) groups is 2. The Kier molecular flexibility index (Phi) is 12.6. The van der Waals surface area contributed by atoms with Gasteiger partial charge in [-0.15, -0.1) is 0 Å². The topological polar surface area (TPSA) is 114 Å². The number of anilines is 2. The molecule has 266 valence electrons. The Morgan fingerprint density at radius 3 is 1.51 bits per heavy atom. The number of carbonyl (C=O) groups excluding carboxylic acids is 2. The van der Waals surface area contributed by atoms with Crippen molar-refractivity contribution in [1.29, 1.82) is 0 Å². The summed E-state index contributed by atoms with van der Waals surface area (Å²) in [6.07, 6.45) is -2.89. The van der Waals surface area contributed by atoms with E-state index in [1.807, 2.05) is 53.4 Å². The van der Waals surface area contributed by atoms with Gasteiger partial charge in [0.2, 0.25) is 0 Å². The van der Waals surface area contributed by atoms with Crippen LogP contribution in [0.4, 0.5) is 24.5 Å². The molecule has 0 atom stereocenters. The third-order valence-corrected chi connectivity index (χ3v) is 9.32. The highest BCUT2D eigenvalue weighted by Gasteiger charge is 2.40. The van der Waals surface area contributed by atoms with E-state index in [0.29, 0.717) is 63.1 Å². The van der Waals surface area contributed by atoms with Gasteiger partial charge >= 0.3 is 6.18 Å². The fourth-order valence-corrected chi connectivity index (χ4v) is 5.83. The van der Waals surface area contributed by atoms with Crippen LogP contribution in [0.2, 0.25) is 0 Å². The van der Waals surface area contributed by atoms with E-state index in [2.05, 4.69) is 43.6 Å². The maximum Gasteiger partial charge on any atom is 0.416 e. The number of likely N-dealkylation sites (tertiary alicyclic amines) is 1. The van der Waals surface area contributed by atoms with Gasteiger partial charge < -0.3 is 26.2 Å². The molecule has 0 unspecified atom stereocenters. The van der Waals surface area contributed by atoms with E-state index in [1.165, 1.54) is 23.3 Å². The van der Waals surface area contributed by atoms with Crippen molar-refractivity contribution in [3.8, 4) is 0 Å². The number of rotatable bonds is 8. The molecule has 3 aromatic carbocycles. The molecule has 2 heterocycles. The molecule has 8 nitrogen and oxygen atoms in total. The minimum Gasteiger partial charge on any atom is -0.380 e. The highest BCUT2D eigenvalue weighted by atomic mass is 19.4. The van der Waals surface area contributed by atoms with Gasteiger partial charge in [-0.25, -0.2) is 0 Å². The second kappa shape index (κ2) is 16.3. The molecule has 2 saturated heterocycles. The normalized spacial score (nSPS) is 17.6. The highest BCUT2D eigenvalue weighted by Crippen LogP contribution is 2.30. The average molecular weight is 683 g/mol. The summed E-state index contributed by atoms with van der Waals surface area (Å²) in [5.74, 6) is 0.145. The molecule has 5 rings (SSSR count). The third kappa shape index (κ3) is 10.6. The molecular formula is C38H49F3N4O4. The first-order valence-corrected chi connectivity index (χ1v) is 16.9. The molecule has 0 radical (unpaired) electrons. The zero-order chi connectivity index (χ0) is 35.8. The number of hydrogen-bond acceptors (Lipinski definition) is 6. The van der Waals surface area contributed by atoms with Gasteiger partial charge in [-0.3, -0.25) is 14.5 Å². The van der Waals surface area contributed by atoms with Gasteiger partial charge in [0.25, 0.3) is 11.8 Å². The summed E-state index contributed by atoms with van der Waals surface area (Å²) in [5, 5.41) is 29.8. The molecule has 0 bridgehead atoms. The second-order valence-electron chi connectivity index (χ2n) is 13.7. The van der Waals surface area contributed by atoms with E-state index < -0.39 is 28.8 Å². The number of nitrogens with one attached hydrogen (secondary N) is 3. The van der Waals surface area contributed by atoms with Crippen LogP contribution < -0.4 is 16.0 Å². The molecule has 2 amide bonds. The SMILES string of the molecule is CC(C)c1ccc(NC(=O)C2(O)CCN(Cc3ccc(C(F)(F)F)cc3)CC2)cc1.CC(C)c1ccc(NC(=O)C2(O)CCNCC2)cc1. The third-order valence-electron chi connectivity index (χ3n) is 9.32. The first-order valence-electron chi connectivity index (χ1n) is 16.9. The largest absolute Gasteiger partial charge is 0.416 e. The Morgan fingerprint density at radius 2 is 1.12 bits per heavy atom. The van der Waals surface area contributed by atoms with Gasteiger partial charge in [0.05, 0.1) is 5.56 Å². The molecule has 0 aliphatic carbocycles. The molecular weight excluding hydrogens is 633 g/mol. The van der Waals surface area contributed by atoms with Crippen molar-refractivity contribution < 1.29 is 33.0 Å². The zero-order valence-corrected chi connectivity index (χ0v) is 28.7. The standard InChI is InChI=1S/C23H27F3N2O2.C15H22N2O2/c1-16(2)18-5-9-20(10-6-18)27-21(29)22(30)11-13-28(14-12-22)15-17-3-7-19(8-4-17)23(24,25)26;1-11(2)12-3-5-13(6-4-12)17-14(18)15(19)7-9-16-10-8-15/h3-10,16,30H,11-15H2,1-2H3,(H,27,29);3-6,11,16,19H,7-10H2,1-2H3,(H,17,18).